The van der Waals surface area contributed by atoms with E-state index in [1.165, 1.54) is 6.42 Å². The molecule has 1 aromatic carbocycles. The molecule has 4 heteroatoms. The minimum Gasteiger partial charge on any atom is -0.389 e. The van der Waals surface area contributed by atoms with Crippen molar-refractivity contribution >= 4 is 11.0 Å². The first-order valence-corrected chi connectivity index (χ1v) is 7.63. The van der Waals surface area contributed by atoms with Crippen molar-refractivity contribution in [1.82, 2.24) is 9.55 Å². The van der Waals surface area contributed by atoms with Crippen LogP contribution < -0.4 is 0 Å². The van der Waals surface area contributed by atoms with Crippen molar-refractivity contribution in [1.29, 1.82) is 0 Å². The number of imidazole rings is 1. The van der Waals surface area contributed by atoms with Crippen LogP contribution in [0.3, 0.4) is 0 Å². The Kier molecular flexibility index (Phi) is 4.68. The molecule has 1 aliphatic carbocycles. The van der Waals surface area contributed by atoms with Gasteiger partial charge in [0, 0.05) is 6.61 Å². The summed E-state index contributed by atoms with van der Waals surface area (Å²) in [5.74, 6) is 0.608. The van der Waals surface area contributed by atoms with Crippen LogP contribution in [-0.4, -0.2) is 34.0 Å². The van der Waals surface area contributed by atoms with Crippen molar-refractivity contribution in [3.63, 3.8) is 0 Å². The molecule has 1 N–H and O–H groups in total. The van der Waals surface area contributed by atoms with Crippen LogP contribution in [0.2, 0.25) is 0 Å². The number of fused-ring (bicyclic) bond motifs is 1. The lowest BCUT2D eigenvalue weighted by Gasteiger charge is -2.19. The number of para-hydroxylation sites is 2. The normalized spacial score (nSPS) is 20.0. The number of nitrogens with zero attached hydrogens (tertiary/aromatic N) is 2. The minimum atomic E-state index is -0.498. The molecular formula is C17H22N2O2. The smallest absolute Gasteiger partial charge is 0.0959 e. The van der Waals surface area contributed by atoms with Gasteiger partial charge in [-0.15, -0.1) is 0 Å². The largest absolute Gasteiger partial charge is 0.389 e. The molecule has 0 fully saturated rings. The summed E-state index contributed by atoms with van der Waals surface area (Å²) in [6, 6.07) is 7.95. The molecule has 1 aromatic heterocycles. The standard InChI is InChI=1S/C17H22N2O2/c20-15(12-21-11-14-6-2-1-3-7-14)10-19-13-18-16-8-4-5-9-17(16)19/h1-2,4-5,8-9,13-15,20H,3,6-7,10-12H2/t14-,15+/m0/s1. The molecular weight excluding hydrogens is 264 g/mol. The van der Waals surface area contributed by atoms with Crippen LogP contribution in [0.25, 0.3) is 11.0 Å². The third kappa shape index (κ3) is 3.71. The first kappa shape index (κ1) is 14.3. The van der Waals surface area contributed by atoms with Gasteiger partial charge in [-0.2, -0.15) is 0 Å². The van der Waals surface area contributed by atoms with Gasteiger partial charge in [-0.25, -0.2) is 4.98 Å². The second-order valence-corrected chi connectivity index (χ2v) is 5.73. The molecule has 1 aliphatic rings. The molecule has 2 atom stereocenters. The highest BCUT2D eigenvalue weighted by Gasteiger charge is 2.12. The summed E-state index contributed by atoms with van der Waals surface area (Å²) in [6.45, 7) is 1.64. The van der Waals surface area contributed by atoms with E-state index in [9.17, 15) is 5.11 Å². The fraction of sp³-hybridized carbons (Fsp3) is 0.471. The summed E-state index contributed by atoms with van der Waals surface area (Å²) >= 11 is 0. The Morgan fingerprint density at radius 3 is 3.10 bits per heavy atom. The van der Waals surface area contributed by atoms with Gasteiger partial charge in [0.05, 0.1) is 36.6 Å². The quantitative estimate of drug-likeness (QED) is 0.831. The molecule has 3 rings (SSSR count). The second kappa shape index (κ2) is 6.87. The van der Waals surface area contributed by atoms with Crippen LogP contribution in [0.1, 0.15) is 19.3 Å². The third-order valence-electron chi connectivity index (χ3n) is 3.98. The number of aromatic nitrogens is 2. The zero-order chi connectivity index (χ0) is 14.5. The minimum absolute atomic E-state index is 0.382. The zero-order valence-corrected chi connectivity index (χ0v) is 12.2. The number of aliphatic hydroxyl groups is 1. The van der Waals surface area contributed by atoms with Crippen LogP contribution in [0, 0.1) is 5.92 Å². The molecule has 4 nitrogen and oxygen atoms in total. The summed E-state index contributed by atoms with van der Waals surface area (Å²) in [7, 11) is 0. The van der Waals surface area contributed by atoms with Crippen LogP contribution in [0.5, 0.6) is 0 Å². The summed E-state index contributed by atoms with van der Waals surface area (Å²) in [6.07, 6.45) is 9.18. The Labute approximate surface area is 125 Å². The van der Waals surface area contributed by atoms with Gasteiger partial charge >= 0.3 is 0 Å². The fourth-order valence-electron chi connectivity index (χ4n) is 2.81. The van der Waals surface area contributed by atoms with E-state index in [4.69, 9.17) is 4.74 Å². The van der Waals surface area contributed by atoms with Crippen LogP contribution in [0.4, 0.5) is 0 Å². The molecule has 112 valence electrons. The summed E-state index contributed by atoms with van der Waals surface area (Å²) in [4.78, 5) is 4.33. The monoisotopic (exact) mass is 286 g/mol. The van der Waals surface area contributed by atoms with Crippen molar-refractivity contribution in [2.24, 2.45) is 5.92 Å². The number of rotatable bonds is 6. The van der Waals surface area contributed by atoms with E-state index in [1.54, 1.807) is 6.33 Å². The van der Waals surface area contributed by atoms with Crippen molar-refractivity contribution in [2.75, 3.05) is 13.2 Å². The average Bonchev–Trinajstić information content (AvgIpc) is 2.92. The number of ether oxygens (including phenoxy) is 1. The summed E-state index contributed by atoms with van der Waals surface area (Å²) < 4.78 is 7.66. The highest BCUT2D eigenvalue weighted by atomic mass is 16.5. The molecule has 2 aromatic rings. The molecule has 0 saturated carbocycles. The van der Waals surface area contributed by atoms with Crippen molar-refractivity contribution in [2.45, 2.75) is 31.9 Å². The Hall–Kier alpha value is -1.65. The lowest BCUT2D eigenvalue weighted by molar-refractivity contribution is 0.0131. The third-order valence-corrected chi connectivity index (χ3v) is 3.98. The topological polar surface area (TPSA) is 47.3 Å². The van der Waals surface area contributed by atoms with E-state index < -0.39 is 6.10 Å². The van der Waals surface area contributed by atoms with Crippen molar-refractivity contribution < 1.29 is 9.84 Å². The average molecular weight is 286 g/mol. The number of aliphatic hydroxyl groups excluding tert-OH is 1. The maximum Gasteiger partial charge on any atom is 0.0959 e. The number of benzene rings is 1. The van der Waals surface area contributed by atoms with Gasteiger partial charge in [0.15, 0.2) is 0 Å². The molecule has 0 radical (unpaired) electrons. The van der Waals surface area contributed by atoms with E-state index in [0.29, 0.717) is 19.1 Å². The van der Waals surface area contributed by atoms with Crippen LogP contribution in [-0.2, 0) is 11.3 Å². The first-order chi connectivity index (χ1) is 10.3. The predicted octanol–water partition coefficient (Wildman–Crippen LogP) is 2.77. The number of hydrogen-bond donors (Lipinski definition) is 1. The Morgan fingerprint density at radius 1 is 1.33 bits per heavy atom. The van der Waals surface area contributed by atoms with Crippen LogP contribution >= 0.6 is 0 Å². The van der Waals surface area contributed by atoms with Gasteiger partial charge in [0.2, 0.25) is 0 Å². The van der Waals surface area contributed by atoms with E-state index in [2.05, 4.69) is 17.1 Å². The first-order valence-electron chi connectivity index (χ1n) is 7.63. The van der Waals surface area contributed by atoms with Gasteiger partial charge in [0.25, 0.3) is 0 Å². The molecule has 0 unspecified atom stereocenters. The Balaban J connectivity index is 1.47. The Morgan fingerprint density at radius 2 is 2.24 bits per heavy atom. The zero-order valence-electron chi connectivity index (χ0n) is 12.2. The second-order valence-electron chi connectivity index (χ2n) is 5.73. The van der Waals surface area contributed by atoms with E-state index in [-0.39, 0.29) is 0 Å². The predicted molar refractivity (Wildman–Crippen MR) is 83.0 cm³/mol. The molecule has 0 bridgehead atoms. The molecule has 1 heterocycles. The lowest BCUT2D eigenvalue weighted by atomic mass is 9.95. The molecule has 21 heavy (non-hydrogen) atoms. The molecule has 0 spiro atoms. The highest BCUT2D eigenvalue weighted by Crippen LogP contribution is 2.18. The van der Waals surface area contributed by atoms with Gasteiger partial charge in [0.1, 0.15) is 0 Å². The number of allylic oxidation sites excluding steroid dienone is 2. The van der Waals surface area contributed by atoms with Gasteiger partial charge in [-0.3, -0.25) is 0 Å². The van der Waals surface area contributed by atoms with Crippen molar-refractivity contribution in [3.05, 3.63) is 42.7 Å². The van der Waals surface area contributed by atoms with Crippen LogP contribution in [0.15, 0.2) is 42.7 Å². The van der Waals surface area contributed by atoms with Gasteiger partial charge < -0.3 is 14.4 Å². The maximum atomic E-state index is 10.1. The molecule has 0 amide bonds. The summed E-state index contributed by atoms with van der Waals surface area (Å²) in [5.41, 5.74) is 2.01. The molecule has 0 saturated heterocycles. The lowest BCUT2D eigenvalue weighted by Crippen LogP contribution is -2.23. The summed E-state index contributed by atoms with van der Waals surface area (Å²) in [5, 5.41) is 10.1. The maximum absolute atomic E-state index is 10.1. The number of hydrogen-bond acceptors (Lipinski definition) is 3. The fourth-order valence-corrected chi connectivity index (χ4v) is 2.81. The van der Waals surface area contributed by atoms with E-state index in [1.807, 2.05) is 28.8 Å². The van der Waals surface area contributed by atoms with E-state index in [0.717, 1.165) is 30.5 Å². The Bertz CT molecular complexity index is 606. The van der Waals surface area contributed by atoms with E-state index >= 15 is 0 Å². The van der Waals surface area contributed by atoms with Gasteiger partial charge in [-0.1, -0.05) is 24.3 Å². The SMILES string of the molecule is O[C@@H](COC[C@H]1CC=CCC1)Cn1cnc2ccccc21. The highest BCUT2D eigenvalue weighted by molar-refractivity contribution is 5.74. The van der Waals surface area contributed by atoms with Crippen molar-refractivity contribution in [3.8, 4) is 0 Å². The van der Waals surface area contributed by atoms with Gasteiger partial charge in [-0.05, 0) is 37.3 Å². The molecule has 0 aliphatic heterocycles.